The molecule has 1 aromatic carbocycles. The van der Waals surface area contributed by atoms with Gasteiger partial charge in [-0.3, -0.25) is 4.79 Å². The molecule has 0 radical (unpaired) electrons. The number of hydrogen-bond donors (Lipinski definition) is 1. The van der Waals surface area contributed by atoms with Crippen molar-refractivity contribution in [2.24, 2.45) is 0 Å². The van der Waals surface area contributed by atoms with E-state index >= 15 is 0 Å². The van der Waals surface area contributed by atoms with E-state index in [1.807, 2.05) is 26.0 Å². The lowest BCUT2D eigenvalue weighted by Gasteiger charge is -2.25. The number of carbonyl (C=O) groups excluding carboxylic acids is 1. The summed E-state index contributed by atoms with van der Waals surface area (Å²) in [6, 6.07) is 7.42. The van der Waals surface area contributed by atoms with Crippen LogP contribution in [0.2, 0.25) is 5.02 Å². The van der Waals surface area contributed by atoms with Gasteiger partial charge in [0.15, 0.2) is 0 Å². The van der Waals surface area contributed by atoms with Crippen molar-refractivity contribution in [1.82, 2.24) is 4.90 Å². The van der Waals surface area contributed by atoms with Gasteiger partial charge in [-0.25, -0.2) is 0 Å². The van der Waals surface area contributed by atoms with E-state index in [0.29, 0.717) is 18.0 Å². The minimum atomic E-state index is -0.0431. The molecule has 3 nitrogen and oxygen atoms in total. The molecular formula is C15H20ClNO2. The van der Waals surface area contributed by atoms with Gasteiger partial charge in [0.25, 0.3) is 0 Å². The minimum absolute atomic E-state index is 0.0431. The first-order chi connectivity index (χ1) is 9.04. The zero-order valence-electron chi connectivity index (χ0n) is 11.3. The van der Waals surface area contributed by atoms with Crippen molar-refractivity contribution >= 4 is 23.6 Å². The maximum atomic E-state index is 12.1. The lowest BCUT2D eigenvalue weighted by atomic mass is 10.2. The van der Waals surface area contributed by atoms with Crippen LogP contribution in [0.3, 0.4) is 0 Å². The maximum absolute atomic E-state index is 12.1. The summed E-state index contributed by atoms with van der Waals surface area (Å²) in [6.45, 7) is 4.59. The summed E-state index contributed by atoms with van der Waals surface area (Å²) >= 11 is 5.80. The second kappa shape index (κ2) is 7.97. The van der Waals surface area contributed by atoms with Crippen LogP contribution in [0.15, 0.2) is 30.3 Å². The molecule has 0 spiro atoms. The molecule has 19 heavy (non-hydrogen) atoms. The first-order valence-electron chi connectivity index (χ1n) is 6.39. The number of aliphatic hydroxyl groups excluding tert-OH is 1. The van der Waals surface area contributed by atoms with Crippen molar-refractivity contribution in [3.8, 4) is 0 Å². The molecule has 0 aliphatic heterocycles. The second-order valence-corrected chi connectivity index (χ2v) is 5.02. The van der Waals surface area contributed by atoms with Crippen molar-refractivity contribution in [3.05, 3.63) is 40.9 Å². The highest BCUT2D eigenvalue weighted by Gasteiger charge is 2.13. The molecule has 104 valence electrons. The van der Waals surface area contributed by atoms with Crippen molar-refractivity contribution in [3.63, 3.8) is 0 Å². The lowest BCUT2D eigenvalue weighted by Crippen LogP contribution is -2.36. The summed E-state index contributed by atoms with van der Waals surface area (Å²) in [6.07, 6.45) is 3.92. The van der Waals surface area contributed by atoms with Crippen LogP contribution in [0.1, 0.15) is 25.8 Å². The van der Waals surface area contributed by atoms with Gasteiger partial charge >= 0.3 is 0 Å². The van der Waals surface area contributed by atoms with Crippen LogP contribution in [0, 0.1) is 0 Å². The number of halogens is 1. The van der Waals surface area contributed by atoms with Crippen LogP contribution >= 0.6 is 11.6 Å². The third-order valence-corrected chi connectivity index (χ3v) is 3.00. The van der Waals surface area contributed by atoms with Gasteiger partial charge < -0.3 is 10.0 Å². The minimum Gasteiger partial charge on any atom is -0.396 e. The van der Waals surface area contributed by atoms with E-state index in [-0.39, 0.29) is 18.6 Å². The Labute approximate surface area is 119 Å². The number of carbonyl (C=O) groups is 1. The highest BCUT2D eigenvalue weighted by molar-refractivity contribution is 6.30. The number of rotatable bonds is 6. The molecule has 0 bridgehead atoms. The van der Waals surface area contributed by atoms with E-state index < -0.39 is 0 Å². The number of amides is 1. The molecule has 0 atom stereocenters. The molecule has 1 N–H and O–H groups in total. The molecular weight excluding hydrogens is 262 g/mol. The van der Waals surface area contributed by atoms with Gasteiger partial charge in [-0.2, -0.15) is 0 Å². The molecule has 0 unspecified atom stereocenters. The molecule has 0 saturated carbocycles. The molecule has 0 aliphatic carbocycles. The predicted molar refractivity (Wildman–Crippen MR) is 79.0 cm³/mol. The summed E-state index contributed by atoms with van der Waals surface area (Å²) in [4.78, 5) is 13.8. The monoisotopic (exact) mass is 281 g/mol. The standard InChI is InChI=1S/C15H20ClNO2/c1-12(2)17(10-3-11-18)15(19)9-6-13-4-7-14(16)8-5-13/h4-9,12,18H,3,10-11H2,1-2H3/b9-6+. The second-order valence-electron chi connectivity index (χ2n) is 4.59. The molecule has 1 aromatic rings. The van der Waals surface area contributed by atoms with Crippen molar-refractivity contribution in [2.45, 2.75) is 26.3 Å². The molecule has 0 aromatic heterocycles. The molecule has 0 aliphatic rings. The number of benzene rings is 1. The van der Waals surface area contributed by atoms with Gasteiger partial charge in [-0.05, 0) is 44.0 Å². The highest BCUT2D eigenvalue weighted by Crippen LogP contribution is 2.11. The van der Waals surface area contributed by atoms with Crippen LogP contribution in [0.5, 0.6) is 0 Å². The topological polar surface area (TPSA) is 40.5 Å². The molecule has 0 saturated heterocycles. The Kier molecular flexibility index (Phi) is 6.60. The summed E-state index contributed by atoms with van der Waals surface area (Å²) in [5, 5.41) is 9.52. The van der Waals surface area contributed by atoms with Crippen molar-refractivity contribution < 1.29 is 9.90 Å². The molecule has 4 heteroatoms. The van der Waals surface area contributed by atoms with Gasteiger partial charge in [0.05, 0.1) is 0 Å². The van der Waals surface area contributed by atoms with Crippen LogP contribution in [-0.2, 0) is 4.79 Å². The first-order valence-corrected chi connectivity index (χ1v) is 6.77. The predicted octanol–water partition coefficient (Wildman–Crippen LogP) is 2.97. The van der Waals surface area contributed by atoms with Gasteiger partial charge in [0.1, 0.15) is 0 Å². The Bertz CT molecular complexity index is 426. The van der Waals surface area contributed by atoms with E-state index in [9.17, 15) is 4.79 Å². The number of aliphatic hydroxyl groups is 1. The number of hydrogen-bond acceptors (Lipinski definition) is 2. The Morgan fingerprint density at radius 1 is 1.37 bits per heavy atom. The van der Waals surface area contributed by atoms with Crippen LogP contribution in [0.25, 0.3) is 6.08 Å². The lowest BCUT2D eigenvalue weighted by molar-refractivity contribution is -0.127. The first kappa shape index (κ1) is 15.7. The van der Waals surface area contributed by atoms with E-state index in [1.54, 1.807) is 29.2 Å². The third kappa shape index (κ3) is 5.45. The molecule has 1 amide bonds. The fourth-order valence-electron chi connectivity index (χ4n) is 1.70. The summed E-state index contributed by atoms with van der Waals surface area (Å²) in [7, 11) is 0. The highest BCUT2D eigenvalue weighted by atomic mass is 35.5. The molecule has 0 fully saturated rings. The summed E-state index contributed by atoms with van der Waals surface area (Å²) in [5.41, 5.74) is 0.934. The Balaban J connectivity index is 2.67. The van der Waals surface area contributed by atoms with E-state index in [1.165, 1.54) is 0 Å². The van der Waals surface area contributed by atoms with Gasteiger partial charge in [0, 0.05) is 30.3 Å². The Morgan fingerprint density at radius 3 is 2.53 bits per heavy atom. The zero-order valence-corrected chi connectivity index (χ0v) is 12.1. The average molecular weight is 282 g/mol. The normalized spacial score (nSPS) is 11.2. The Morgan fingerprint density at radius 2 is 2.00 bits per heavy atom. The largest absolute Gasteiger partial charge is 0.396 e. The van der Waals surface area contributed by atoms with Crippen LogP contribution in [-0.4, -0.2) is 35.1 Å². The van der Waals surface area contributed by atoms with E-state index in [0.717, 1.165) is 5.56 Å². The van der Waals surface area contributed by atoms with E-state index in [2.05, 4.69) is 0 Å². The van der Waals surface area contributed by atoms with Crippen LogP contribution < -0.4 is 0 Å². The SMILES string of the molecule is CC(C)N(CCCO)C(=O)/C=C/c1ccc(Cl)cc1. The maximum Gasteiger partial charge on any atom is 0.246 e. The van der Waals surface area contributed by atoms with Crippen LogP contribution in [0.4, 0.5) is 0 Å². The van der Waals surface area contributed by atoms with Gasteiger partial charge in [-0.1, -0.05) is 23.7 Å². The average Bonchev–Trinajstić information content (AvgIpc) is 2.38. The van der Waals surface area contributed by atoms with Crippen molar-refractivity contribution in [2.75, 3.05) is 13.2 Å². The van der Waals surface area contributed by atoms with Gasteiger partial charge in [0.2, 0.25) is 5.91 Å². The molecule has 0 heterocycles. The quantitative estimate of drug-likeness (QED) is 0.815. The Hall–Kier alpha value is -1.32. The fraction of sp³-hybridized carbons (Fsp3) is 0.400. The zero-order chi connectivity index (χ0) is 14.3. The summed E-state index contributed by atoms with van der Waals surface area (Å²) < 4.78 is 0. The third-order valence-electron chi connectivity index (χ3n) is 2.75. The molecule has 1 rings (SSSR count). The van der Waals surface area contributed by atoms with E-state index in [4.69, 9.17) is 16.7 Å². The van der Waals surface area contributed by atoms with Gasteiger partial charge in [-0.15, -0.1) is 0 Å². The van der Waals surface area contributed by atoms with Crippen molar-refractivity contribution in [1.29, 1.82) is 0 Å². The smallest absolute Gasteiger partial charge is 0.246 e. The fourth-order valence-corrected chi connectivity index (χ4v) is 1.83. The number of nitrogens with zero attached hydrogens (tertiary/aromatic N) is 1. The summed E-state index contributed by atoms with van der Waals surface area (Å²) in [5.74, 6) is -0.0431.